The first-order valence-corrected chi connectivity index (χ1v) is 7.66. The van der Waals surface area contributed by atoms with E-state index in [4.69, 9.17) is 11.2 Å². The fourth-order valence-corrected chi connectivity index (χ4v) is 2.38. The molecule has 0 bridgehead atoms. The van der Waals surface area contributed by atoms with E-state index in [0.717, 1.165) is 0 Å². The lowest BCUT2D eigenvalue weighted by Crippen LogP contribution is -2.07. The molecule has 0 saturated heterocycles. The number of carbonyl (C=O) groups excluding carboxylic acids is 1. The number of nitrogens with one attached hydrogen (secondary N) is 1. The van der Waals surface area contributed by atoms with Gasteiger partial charge in [0, 0.05) is 10.9 Å². The van der Waals surface area contributed by atoms with Crippen molar-refractivity contribution in [2.24, 2.45) is 5.10 Å². The maximum Gasteiger partial charge on any atom is 0.311 e. The molecule has 2 rings (SSSR count). The molecule has 7 heteroatoms. The van der Waals surface area contributed by atoms with Crippen LogP contribution < -0.4 is 5.43 Å². The van der Waals surface area contributed by atoms with Gasteiger partial charge in [0.15, 0.2) is 0 Å². The molecular weight excluding hydrogens is 317 g/mol. The van der Waals surface area contributed by atoms with Crippen molar-refractivity contribution in [2.75, 3.05) is 12.0 Å². The zero-order chi connectivity index (χ0) is 16.7. The fraction of sp³-hybridized carbons (Fsp3) is 0.188. The minimum Gasteiger partial charge on any atom is -0.466 e. The Morgan fingerprint density at radius 2 is 2.43 bits per heavy atom. The third kappa shape index (κ3) is 4.63. The Kier molecular flexibility index (Phi) is 5.83. The summed E-state index contributed by atoms with van der Waals surface area (Å²) in [5.74, 6) is 1.43. The Morgan fingerprint density at radius 1 is 1.61 bits per heavy atom. The maximum atomic E-state index is 13.9. The van der Waals surface area contributed by atoms with Gasteiger partial charge in [-0.15, -0.1) is 17.8 Å². The van der Waals surface area contributed by atoms with Crippen LogP contribution in [0.1, 0.15) is 23.7 Å². The predicted octanol–water partition coefficient (Wildman–Crippen LogP) is 2.82. The number of hydrogen-bond acceptors (Lipinski definition) is 6. The van der Waals surface area contributed by atoms with Gasteiger partial charge in [-0.25, -0.2) is 9.37 Å². The number of rotatable bonds is 6. The van der Waals surface area contributed by atoms with Gasteiger partial charge in [-0.05, 0) is 13.0 Å². The van der Waals surface area contributed by atoms with E-state index in [1.807, 2.05) is 0 Å². The van der Waals surface area contributed by atoms with Gasteiger partial charge in [0.1, 0.15) is 5.82 Å². The van der Waals surface area contributed by atoms with Crippen molar-refractivity contribution < 1.29 is 13.9 Å². The summed E-state index contributed by atoms with van der Waals surface area (Å²) >= 11 is 1.29. The van der Waals surface area contributed by atoms with Crippen molar-refractivity contribution in [3.63, 3.8) is 0 Å². The monoisotopic (exact) mass is 331 g/mol. The normalized spacial score (nSPS) is 10.5. The van der Waals surface area contributed by atoms with Crippen molar-refractivity contribution in [1.29, 1.82) is 0 Å². The van der Waals surface area contributed by atoms with E-state index in [9.17, 15) is 9.18 Å². The molecule has 1 aromatic heterocycles. The molecule has 0 amide bonds. The van der Waals surface area contributed by atoms with Gasteiger partial charge in [-0.1, -0.05) is 18.1 Å². The number of carbonyl (C=O) groups is 1. The van der Waals surface area contributed by atoms with Gasteiger partial charge in [0.05, 0.1) is 30.5 Å². The summed E-state index contributed by atoms with van der Waals surface area (Å²) in [6.45, 7) is 2.08. The summed E-state index contributed by atoms with van der Waals surface area (Å²) in [7, 11) is 0. The number of thiazole rings is 1. The molecule has 1 aromatic carbocycles. The quantitative estimate of drug-likeness (QED) is 0.383. The molecule has 23 heavy (non-hydrogen) atoms. The van der Waals surface area contributed by atoms with E-state index < -0.39 is 5.82 Å². The summed E-state index contributed by atoms with van der Waals surface area (Å²) in [6, 6.07) is 4.73. The molecule has 0 spiro atoms. The van der Waals surface area contributed by atoms with Gasteiger partial charge >= 0.3 is 5.97 Å². The number of halogens is 1. The Labute approximate surface area is 137 Å². The molecule has 0 aliphatic heterocycles. The molecule has 0 saturated carbocycles. The van der Waals surface area contributed by atoms with E-state index >= 15 is 0 Å². The van der Waals surface area contributed by atoms with Crippen LogP contribution in [-0.4, -0.2) is 23.8 Å². The fourth-order valence-electron chi connectivity index (χ4n) is 1.72. The largest absolute Gasteiger partial charge is 0.466 e. The van der Waals surface area contributed by atoms with Crippen molar-refractivity contribution in [3.8, 4) is 12.3 Å². The lowest BCUT2D eigenvalue weighted by atomic mass is 10.1. The SMILES string of the molecule is C#Cc1cccc(C=NNc2nc(CC(=O)OCC)cs2)c1F. The van der Waals surface area contributed by atoms with Crippen LogP contribution in [0.4, 0.5) is 9.52 Å². The summed E-state index contributed by atoms with van der Waals surface area (Å²) in [5.41, 5.74) is 3.73. The van der Waals surface area contributed by atoms with Crippen molar-refractivity contribution in [1.82, 2.24) is 4.98 Å². The zero-order valence-electron chi connectivity index (χ0n) is 12.4. The summed E-state index contributed by atoms with van der Waals surface area (Å²) in [6.07, 6.45) is 6.63. The number of ether oxygens (including phenoxy) is 1. The van der Waals surface area contributed by atoms with Gasteiger partial charge in [0.25, 0.3) is 0 Å². The molecule has 0 atom stereocenters. The van der Waals surface area contributed by atoms with Gasteiger partial charge in [-0.2, -0.15) is 5.10 Å². The molecule has 0 aliphatic carbocycles. The van der Waals surface area contributed by atoms with Gasteiger partial charge < -0.3 is 4.74 Å². The predicted molar refractivity (Wildman–Crippen MR) is 88.0 cm³/mol. The zero-order valence-corrected chi connectivity index (χ0v) is 13.2. The second-order valence-electron chi connectivity index (χ2n) is 4.35. The highest BCUT2D eigenvalue weighted by atomic mass is 32.1. The van der Waals surface area contributed by atoms with Gasteiger partial charge in [0.2, 0.25) is 5.13 Å². The number of benzene rings is 1. The highest BCUT2D eigenvalue weighted by Gasteiger charge is 2.08. The van der Waals surface area contributed by atoms with Crippen LogP contribution >= 0.6 is 11.3 Å². The number of terminal acetylenes is 1. The molecule has 0 radical (unpaired) electrons. The molecule has 0 aliphatic rings. The topological polar surface area (TPSA) is 63.6 Å². The number of esters is 1. The first kappa shape index (κ1) is 16.6. The summed E-state index contributed by atoms with van der Waals surface area (Å²) < 4.78 is 18.7. The van der Waals surface area contributed by atoms with Crippen LogP contribution in [0.5, 0.6) is 0 Å². The third-order valence-corrected chi connectivity index (χ3v) is 3.53. The number of hydrazone groups is 1. The Hall–Kier alpha value is -2.72. The smallest absolute Gasteiger partial charge is 0.311 e. The first-order valence-electron chi connectivity index (χ1n) is 6.78. The minimum absolute atomic E-state index is 0.106. The minimum atomic E-state index is -0.498. The number of hydrogen-bond donors (Lipinski definition) is 1. The standard InChI is InChI=1S/C16H14FN3O2S/c1-3-11-6-5-7-12(15(11)17)9-18-20-16-19-13(10-23-16)8-14(21)22-4-2/h1,5-7,9-10H,4,8H2,2H3,(H,19,20). The van der Waals surface area contributed by atoms with Crippen molar-refractivity contribution >= 4 is 28.7 Å². The second kappa shape index (κ2) is 8.06. The van der Waals surface area contributed by atoms with Crippen molar-refractivity contribution in [2.45, 2.75) is 13.3 Å². The molecular formula is C16H14FN3O2S. The first-order chi connectivity index (χ1) is 11.1. The molecule has 5 nitrogen and oxygen atoms in total. The van der Waals surface area contributed by atoms with E-state index in [1.165, 1.54) is 23.6 Å². The van der Waals surface area contributed by atoms with E-state index in [-0.39, 0.29) is 23.5 Å². The van der Waals surface area contributed by atoms with E-state index in [2.05, 4.69) is 21.4 Å². The lowest BCUT2D eigenvalue weighted by molar-refractivity contribution is -0.142. The van der Waals surface area contributed by atoms with E-state index in [0.29, 0.717) is 17.4 Å². The summed E-state index contributed by atoms with van der Waals surface area (Å²) in [5, 5.41) is 6.15. The maximum absolute atomic E-state index is 13.9. The third-order valence-electron chi connectivity index (χ3n) is 2.73. The lowest BCUT2D eigenvalue weighted by Gasteiger charge is -1.99. The Balaban J connectivity index is 1.98. The molecule has 1 N–H and O–H groups in total. The molecule has 1 heterocycles. The summed E-state index contributed by atoms with van der Waals surface area (Å²) in [4.78, 5) is 15.5. The number of anilines is 1. The van der Waals surface area contributed by atoms with E-state index in [1.54, 1.807) is 24.4 Å². The highest BCUT2D eigenvalue weighted by Crippen LogP contribution is 2.16. The second-order valence-corrected chi connectivity index (χ2v) is 5.21. The van der Waals surface area contributed by atoms with Crippen LogP contribution in [0.15, 0.2) is 28.7 Å². The van der Waals surface area contributed by atoms with Crippen LogP contribution in [0.25, 0.3) is 0 Å². The Morgan fingerprint density at radius 3 is 3.17 bits per heavy atom. The Bertz CT molecular complexity index is 765. The molecule has 0 fully saturated rings. The molecule has 2 aromatic rings. The van der Waals surface area contributed by atoms with Crippen LogP contribution in [-0.2, 0) is 16.0 Å². The van der Waals surface area contributed by atoms with Crippen molar-refractivity contribution in [3.05, 3.63) is 46.2 Å². The average Bonchev–Trinajstić information content (AvgIpc) is 2.96. The van der Waals surface area contributed by atoms with Crippen LogP contribution in [0.3, 0.4) is 0 Å². The average molecular weight is 331 g/mol. The highest BCUT2D eigenvalue weighted by molar-refractivity contribution is 7.13. The van der Waals surface area contributed by atoms with Crippen LogP contribution in [0.2, 0.25) is 0 Å². The van der Waals surface area contributed by atoms with Crippen LogP contribution in [0, 0.1) is 18.2 Å². The molecule has 0 unspecified atom stereocenters. The number of aromatic nitrogens is 1. The number of nitrogens with zero attached hydrogens (tertiary/aromatic N) is 2. The molecule has 118 valence electrons. The van der Waals surface area contributed by atoms with Gasteiger partial charge in [-0.3, -0.25) is 10.2 Å².